The molecule has 9 heteroatoms. The van der Waals surface area contributed by atoms with Gasteiger partial charge in [0.1, 0.15) is 18.6 Å². The van der Waals surface area contributed by atoms with Gasteiger partial charge in [0, 0.05) is 37.5 Å². The molecule has 0 saturated carbocycles. The number of carbonyl (C=O) groups excluding carboxylic acids is 1. The Bertz CT molecular complexity index is 1180. The molecule has 1 fully saturated rings. The van der Waals surface area contributed by atoms with Gasteiger partial charge in [0.25, 0.3) is 0 Å². The molecule has 1 saturated heterocycles. The van der Waals surface area contributed by atoms with E-state index in [2.05, 4.69) is 29.1 Å². The predicted molar refractivity (Wildman–Crippen MR) is 157 cm³/mol. The Morgan fingerprint density at radius 2 is 2.00 bits per heavy atom. The molecule has 1 aliphatic heterocycles. The highest BCUT2D eigenvalue weighted by Gasteiger charge is 2.26. The number of nitrogens with one attached hydrogen (secondary N) is 1. The van der Waals surface area contributed by atoms with Gasteiger partial charge in [-0.25, -0.2) is 15.0 Å². The number of rotatable bonds is 13. The molecule has 39 heavy (non-hydrogen) atoms. The van der Waals surface area contributed by atoms with Gasteiger partial charge in [-0.1, -0.05) is 32.1 Å². The number of nitrogens with zero attached hydrogens (tertiary/aromatic N) is 5. The number of methoxy groups -OCH3 is 1. The van der Waals surface area contributed by atoms with E-state index in [1.807, 2.05) is 73.3 Å². The smallest absolute Gasteiger partial charge is 0.246 e. The summed E-state index contributed by atoms with van der Waals surface area (Å²) in [5.74, 6) is 2.35. The normalized spacial score (nSPS) is 16.8. The predicted octanol–water partition coefficient (Wildman–Crippen LogP) is 4.68. The molecular formula is C30H42N6O3. The fourth-order valence-corrected chi connectivity index (χ4v) is 4.14. The third-order valence-corrected chi connectivity index (χ3v) is 6.63. The lowest BCUT2D eigenvalue weighted by Crippen LogP contribution is -2.30. The number of amides is 1. The number of likely N-dealkylation sites (tertiary alicyclic amines) is 1. The summed E-state index contributed by atoms with van der Waals surface area (Å²) >= 11 is 0. The second kappa shape index (κ2) is 15.0. The Kier molecular flexibility index (Phi) is 11.5. The van der Waals surface area contributed by atoms with Crippen molar-refractivity contribution in [3.63, 3.8) is 0 Å². The number of ether oxygens (including phenoxy) is 2. The van der Waals surface area contributed by atoms with Crippen LogP contribution in [0.5, 0.6) is 11.5 Å². The van der Waals surface area contributed by atoms with Crippen LogP contribution in [0.3, 0.4) is 0 Å². The van der Waals surface area contributed by atoms with Crippen molar-refractivity contribution in [1.82, 2.24) is 19.8 Å². The number of likely N-dealkylation sites (N-methyl/N-ethyl adjacent to an activating group) is 1. The summed E-state index contributed by atoms with van der Waals surface area (Å²) in [7, 11) is 5.59. The van der Waals surface area contributed by atoms with E-state index in [-0.39, 0.29) is 17.9 Å². The van der Waals surface area contributed by atoms with Crippen molar-refractivity contribution >= 4 is 23.1 Å². The van der Waals surface area contributed by atoms with Crippen LogP contribution in [0.15, 0.2) is 59.9 Å². The van der Waals surface area contributed by atoms with Crippen LogP contribution in [0.25, 0.3) is 0 Å². The number of para-hydroxylation sites is 2. The zero-order valence-corrected chi connectivity index (χ0v) is 24.1. The number of hydrogen-bond acceptors (Lipinski definition) is 8. The Morgan fingerprint density at radius 1 is 1.23 bits per heavy atom. The third-order valence-electron chi connectivity index (χ3n) is 6.63. The third kappa shape index (κ3) is 8.92. The van der Waals surface area contributed by atoms with Crippen molar-refractivity contribution in [1.29, 1.82) is 0 Å². The van der Waals surface area contributed by atoms with Gasteiger partial charge in [0.2, 0.25) is 5.91 Å². The van der Waals surface area contributed by atoms with E-state index in [0.29, 0.717) is 37.0 Å². The Labute approximate surface area is 232 Å². The van der Waals surface area contributed by atoms with Crippen LogP contribution in [-0.2, 0) is 4.79 Å². The number of carbonyl (C=O) groups is 1. The second-order valence-electron chi connectivity index (χ2n) is 9.95. The number of aliphatic imine (C=N–C) groups is 1. The first kappa shape index (κ1) is 29.8. The Morgan fingerprint density at radius 3 is 2.72 bits per heavy atom. The van der Waals surface area contributed by atoms with Crippen molar-refractivity contribution < 1.29 is 14.3 Å². The lowest BCUT2D eigenvalue weighted by molar-refractivity contribution is -0.125. The molecule has 1 aromatic heterocycles. The highest BCUT2D eigenvalue weighted by molar-refractivity contribution is 5.99. The highest BCUT2D eigenvalue weighted by Crippen LogP contribution is 2.29. The minimum Gasteiger partial charge on any atom is -0.493 e. The molecule has 1 aliphatic rings. The summed E-state index contributed by atoms with van der Waals surface area (Å²) in [6.45, 7) is 8.69. The van der Waals surface area contributed by atoms with Crippen LogP contribution < -0.4 is 14.8 Å². The maximum Gasteiger partial charge on any atom is 0.246 e. The molecule has 2 atom stereocenters. The van der Waals surface area contributed by atoms with E-state index in [1.165, 1.54) is 0 Å². The number of anilines is 1. The summed E-state index contributed by atoms with van der Waals surface area (Å²) < 4.78 is 11.3. The van der Waals surface area contributed by atoms with E-state index < -0.39 is 0 Å². The van der Waals surface area contributed by atoms with Gasteiger partial charge < -0.3 is 24.6 Å². The maximum absolute atomic E-state index is 12.6. The van der Waals surface area contributed by atoms with Crippen LogP contribution in [0.2, 0.25) is 0 Å². The minimum absolute atomic E-state index is 0.0396. The molecule has 0 radical (unpaired) electrons. The zero-order valence-electron chi connectivity index (χ0n) is 24.1. The standard InChI is InChI=1S/C30H42N6O3/c1-7-22(2)25(12-11-19-39-27-14-9-8-13-26(27)38-6)34-29-23(3)31-21-32-30(29)33-24-16-18-36(20-24)28(37)15-10-17-35(4)5/h8-15,21-22,24H,7,16-20H2,1-6H3,(H,31,32,33)/b12-11+,15-10+,34-25?. The van der Waals surface area contributed by atoms with Crippen LogP contribution in [-0.4, -0.2) is 84.9 Å². The molecule has 210 valence electrons. The fraction of sp³-hybridized carbons (Fsp3) is 0.467. The Balaban J connectivity index is 1.72. The highest BCUT2D eigenvalue weighted by atomic mass is 16.5. The van der Waals surface area contributed by atoms with Gasteiger partial charge in [0.05, 0.1) is 12.8 Å². The molecular weight excluding hydrogens is 492 g/mol. The maximum atomic E-state index is 12.6. The summed E-state index contributed by atoms with van der Waals surface area (Å²) in [5.41, 5.74) is 2.44. The lowest BCUT2D eigenvalue weighted by atomic mass is 10.0. The first-order chi connectivity index (χ1) is 18.8. The van der Waals surface area contributed by atoms with E-state index in [0.717, 1.165) is 36.5 Å². The first-order valence-corrected chi connectivity index (χ1v) is 13.5. The number of allylic oxidation sites excluding steroid dienone is 1. The molecule has 1 amide bonds. The quantitative estimate of drug-likeness (QED) is 0.295. The summed E-state index contributed by atoms with van der Waals surface area (Å²) in [4.78, 5) is 30.4. The van der Waals surface area contributed by atoms with E-state index in [9.17, 15) is 4.79 Å². The molecule has 2 unspecified atom stereocenters. The monoisotopic (exact) mass is 534 g/mol. The van der Waals surface area contributed by atoms with Crippen LogP contribution in [0.4, 0.5) is 11.5 Å². The first-order valence-electron chi connectivity index (χ1n) is 13.5. The van der Waals surface area contributed by atoms with Gasteiger partial charge in [-0.15, -0.1) is 0 Å². The van der Waals surface area contributed by atoms with Gasteiger partial charge in [-0.2, -0.15) is 0 Å². The van der Waals surface area contributed by atoms with Crippen molar-refractivity contribution in [2.24, 2.45) is 10.9 Å². The van der Waals surface area contributed by atoms with Gasteiger partial charge in [-0.3, -0.25) is 4.79 Å². The Hall–Kier alpha value is -3.72. The second-order valence-corrected chi connectivity index (χ2v) is 9.95. The van der Waals surface area contributed by atoms with E-state index in [4.69, 9.17) is 14.5 Å². The lowest BCUT2D eigenvalue weighted by Gasteiger charge is -2.18. The largest absolute Gasteiger partial charge is 0.493 e. The summed E-state index contributed by atoms with van der Waals surface area (Å²) in [6.07, 6.45) is 10.9. The molecule has 0 spiro atoms. The minimum atomic E-state index is 0.0396. The van der Waals surface area contributed by atoms with Gasteiger partial charge in [-0.05, 0) is 64.1 Å². The number of hydrogen-bond donors (Lipinski definition) is 1. The van der Waals surface area contributed by atoms with Crippen molar-refractivity contribution in [2.45, 2.75) is 39.7 Å². The van der Waals surface area contributed by atoms with Crippen LogP contribution >= 0.6 is 0 Å². The van der Waals surface area contributed by atoms with Gasteiger partial charge >= 0.3 is 0 Å². The fourth-order valence-electron chi connectivity index (χ4n) is 4.14. The SMILES string of the molecule is CCC(C)C(/C=C/COc1ccccc1OC)=Nc1c(C)ncnc1NC1CCN(C(=O)/C=C/CN(C)C)C1. The average molecular weight is 535 g/mol. The molecule has 2 aromatic rings. The molecule has 0 aliphatic carbocycles. The summed E-state index contributed by atoms with van der Waals surface area (Å²) in [5, 5.41) is 3.53. The molecule has 9 nitrogen and oxygen atoms in total. The summed E-state index contributed by atoms with van der Waals surface area (Å²) in [6, 6.07) is 7.68. The van der Waals surface area contributed by atoms with Crippen LogP contribution in [0.1, 0.15) is 32.4 Å². The molecule has 2 heterocycles. The van der Waals surface area contributed by atoms with E-state index >= 15 is 0 Å². The number of benzene rings is 1. The van der Waals surface area contributed by atoms with Crippen molar-refractivity contribution in [2.75, 3.05) is 52.8 Å². The van der Waals surface area contributed by atoms with Gasteiger partial charge in [0.15, 0.2) is 17.3 Å². The van der Waals surface area contributed by atoms with Crippen LogP contribution in [0, 0.1) is 12.8 Å². The molecule has 1 N–H and O–H groups in total. The molecule has 1 aromatic carbocycles. The van der Waals surface area contributed by atoms with E-state index in [1.54, 1.807) is 19.5 Å². The molecule has 3 rings (SSSR count). The van der Waals surface area contributed by atoms with Crippen molar-refractivity contribution in [3.8, 4) is 11.5 Å². The molecule has 0 bridgehead atoms. The van der Waals surface area contributed by atoms with Crippen molar-refractivity contribution in [3.05, 3.63) is 60.6 Å². The number of aromatic nitrogens is 2. The number of aryl methyl sites for hydroxylation is 1. The zero-order chi connectivity index (χ0) is 28.2. The topological polar surface area (TPSA) is 92.2 Å². The average Bonchev–Trinajstić information content (AvgIpc) is 3.40.